The van der Waals surface area contributed by atoms with E-state index >= 15 is 0 Å². The molecule has 1 aliphatic carbocycles. The highest BCUT2D eigenvalue weighted by Gasteiger charge is 2.45. The summed E-state index contributed by atoms with van der Waals surface area (Å²) in [5.41, 5.74) is 2.03. The number of Topliss-reactive ketones (excluding diaryl/α,β-unsaturated/α-hetero) is 1. The third-order valence-corrected chi connectivity index (χ3v) is 5.17. The summed E-state index contributed by atoms with van der Waals surface area (Å²) in [6, 6.07) is 4.30. The average Bonchev–Trinajstić information content (AvgIpc) is 2.61. The summed E-state index contributed by atoms with van der Waals surface area (Å²) in [6.45, 7) is 1.45. The number of nitrogens with two attached hydrogens (primary N) is 1. The molecule has 9 heteroatoms. The maximum Gasteiger partial charge on any atom is 0.416 e. The van der Waals surface area contributed by atoms with E-state index in [1.165, 1.54) is 19.1 Å². The van der Waals surface area contributed by atoms with Crippen molar-refractivity contribution in [3.8, 4) is 0 Å². The molecular formula is C20H25F3N2O4. The zero-order valence-corrected chi connectivity index (χ0v) is 16.1. The number of alkyl halides is 3. The van der Waals surface area contributed by atoms with Gasteiger partial charge in [0.25, 0.3) is 0 Å². The predicted octanol–water partition coefficient (Wildman–Crippen LogP) is 3.95. The molecule has 0 heterocycles. The Morgan fingerprint density at radius 1 is 1.28 bits per heavy atom. The van der Waals surface area contributed by atoms with Crippen LogP contribution in [0.4, 0.5) is 18.0 Å². The van der Waals surface area contributed by atoms with Crippen LogP contribution in [-0.2, 0) is 15.7 Å². The molecule has 2 rings (SSSR count). The fourth-order valence-electron chi connectivity index (χ4n) is 3.86. The summed E-state index contributed by atoms with van der Waals surface area (Å²) >= 11 is 0. The second-order valence-electron chi connectivity index (χ2n) is 7.51. The van der Waals surface area contributed by atoms with Crippen molar-refractivity contribution in [1.82, 2.24) is 0 Å². The monoisotopic (exact) mass is 414 g/mol. The van der Waals surface area contributed by atoms with Crippen molar-refractivity contribution >= 4 is 17.6 Å². The molecule has 0 aromatic heterocycles. The largest absolute Gasteiger partial charge is 0.446 e. The van der Waals surface area contributed by atoms with Crippen molar-refractivity contribution in [1.29, 1.82) is 5.41 Å². The number of hydrogen-bond acceptors (Lipinski definition) is 5. The molecule has 2 atom stereocenters. The molecular weight excluding hydrogens is 389 g/mol. The van der Waals surface area contributed by atoms with E-state index < -0.39 is 47.0 Å². The molecule has 0 saturated heterocycles. The minimum atomic E-state index is -4.60. The van der Waals surface area contributed by atoms with Crippen LogP contribution >= 0.6 is 0 Å². The van der Waals surface area contributed by atoms with Gasteiger partial charge in [-0.25, -0.2) is 4.79 Å². The number of aliphatic hydroxyl groups is 1. The number of halogens is 3. The van der Waals surface area contributed by atoms with Crippen molar-refractivity contribution in [3.05, 3.63) is 35.4 Å². The van der Waals surface area contributed by atoms with E-state index in [-0.39, 0.29) is 24.8 Å². The smallest absolute Gasteiger partial charge is 0.416 e. The molecule has 29 heavy (non-hydrogen) atoms. The van der Waals surface area contributed by atoms with Crippen LogP contribution in [0, 0.1) is 5.41 Å². The van der Waals surface area contributed by atoms with E-state index in [4.69, 9.17) is 15.9 Å². The number of nitrogens with one attached hydrogen (secondary N) is 1. The van der Waals surface area contributed by atoms with Gasteiger partial charge in [-0.05, 0) is 31.4 Å². The minimum Gasteiger partial charge on any atom is -0.446 e. The topological polar surface area (TPSA) is 113 Å². The molecule has 0 spiro atoms. The predicted molar refractivity (Wildman–Crippen MR) is 99.7 cm³/mol. The fraction of sp³-hybridized carbons (Fsp3) is 0.550. The van der Waals surface area contributed by atoms with Crippen molar-refractivity contribution in [2.24, 2.45) is 5.73 Å². The van der Waals surface area contributed by atoms with Crippen LogP contribution in [0.3, 0.4) is 0 Å². The van der Waals surface area contributed by atoms with Gasteiger partial charge in [-0.1, -0.05) is 37.5 Å². The first kappa shape index (κ1) is 22.9. The molecule has 160 valence electrons. The second-order valence-corrected chi connectivity index (χ2v) is 7.51. The molecule has 1 unspecified atom stereocenters. The Morgan fingerprint density at radius 2 is 1.90 bits per heavy atom. The number of carbonyl (C=O) groups is 2. The third-order valence-electron chi connectivity index (χ3n) is 5.17. The number of amides is 1. The van der Waals surface area contributed by atoms with E-state index in [2.05, 4.69) is 0 Å². The van der Waals surface area contributed by atoms with Crippen LogP contribution in [-0.4, -0.2) is 34.4 Å². The lowest BCUT2D eigenvalue weighted by molar-refractivity contribution is -0.138. The molecule has 1 aromatic rings. The minimum absolute atomic E-state index is 0.0162. The summed E-state index contributed by atoms with van der Waals surface area (Å²) in [5, 5.41) is 19.3. The molecule has 0 radical (unpaired) electrons. The summed E-state index contributed by atoms with van der Waals surface area (Å²) in [6.07, 6.45) is -4.15. The highest BCUT2D eigenvalue weighted by Crippen LogP contribution is 2.42. The lowest BCUT2D eigenvalue weighted by atomic mass is 9.70. The van der Waals surface area contributed by atoms with Crippen LogP contribution in [0.5, 0.6) is 0 Å². The Labute approximate surface area is 166 Å². The van der Waals surface area contributed by atoms with Gasteiger partial charge in [-0.3, -0.25) is 4.79 Å². The Balaban J connectivity index is 2.39. The number of rotatable bonds is 7. The van der Waals surface area contributed by atoms with Gasteiger partial charge in [0.15, 0.2) is 5.78 Å². The Bertz CT molecular complexity index is 773. The van der Waals surface area contributed by atoms with Gasteiger partial charge < -0.3 is 21.0 Å². The van der Waals surface area contributed by atoms with Crippen LogP contribution in [0.2, 0.25) is 0 Å². The SMILES string of the molecule is C[C@@H](CC(=N)C(=O)C(c1cccc(C(F)(F)F)c1)C1(O)CCCCC1)OC(N)=O. The molecule has 6 nitrogen and oxygen atoms in total. The number of primary amides is 1. The molecule has 1 aliphatic rings. The molecule has 0 aliphatic heterocycles. The maximum absolute atomic E-state index is 13.2. The van der Waals surface area contributed by atoms with Crippen molar-refractivity contribution in [3.63, 3.8) is 0 Å². The molecule has 0 bridgehead atoms. The van der Waals surface area contributed by atoms with E-state index in [0.29, 0.717) is 12.8 Å². The zero-order chi connectivity index (χ0) is 21.8. The lowest BCUT2D eigenvalue weighted by Crippen LogP contribution is -2.45. The molecule has 1 aromatic carbocycles. The van der Waals surface area contributed by atoms with E-state index in [1.807, 2.05) is 0 Å². The summed E-state index contributed by atoms with van der Waals surface area (Å²) < 4.78 is 44.2. The van der Waals surface area contributed by atoms with Crippen LogP contribution in [0.25, 0.3) is 0 Å². The average molecular weight is 414 g/mol. The van der Waals surface area contributed by atoms with Gasteiger partial charge in [-0.15, -0.1) is 0 Å². The van der Waals surface area contributed by atoms with Crippen molar-refractivity contribution < 1.29 is 32.6 Å². The Morgan fingerprint density at radius 3 is 2.45 bits per heavy atom. The first-order chi connectivity index (χ1) is 13.4. The van der Waals surface area contributed by atoms with E-state index in [0.717, 1.165) is 18.6 Å². The number of hydrogen-bond donors (Lipinski definition) is 3. The highest BCUT2D eigenvalue weighted by atomic mass is 19.4. The normalized spacial score (nSPS) is 18.5. The van der Waals surface area contributed by atoms with Gasteiger partial charge in [0.1, 0.15) is 6.10 Å². The number of ether oxygens (including phenoxy) is 1. The first-order valence-electron chi connectivity index (χ1n) is 9.41. The van der Waals surface area contributed by atoms with Crippen LogP contribution in [0.1, 0.15) is 62.5 Å². The molecule has 1 fully saturated rings. The molecule has 4 N–H and O–H groups in total. The number of benzene rings is 1. The molecule has 1 saturated carbocycles. The number of ketones is 1. The first-order valence-corrected chi connectivity index (χ1v) is 9.41. The fourth-order valence-corrected chi connectivity index (χ4v) is 3.86. The van der Waals surface area contributed by atoms with Crippen LogP contribution in [0.15, 0.2) is 24.3 Å². The zero-order valence-electron chi connectivity index (χ0n) is 16.1. The standard InChI is InChI=1S/C20H25F3N2O4/c1-12(29-18(25)27)10-15(24)17(26)16(19(28)8-3-2-4-9-19)13-6-5-7-14(11-13)20(21,22)23/h5-7,11-12,16,24,28H,2-4,8-10H2,1H3,(H2,25,27)/t12-,16?/m0/s1. The van der Waals surface area contributed by atoms with E-state index in [1.54, 1.807) is 0 Å². The Kier molecular flexibility index (Phi) is 7.05. The van der Waals surface area contributed by atoms with Gasteiger partial charge >= 0.3 is 12.3 Å². The third kappa shape index (κ3) is 5.79. The van der Waals surface area contributed by atoms with Gasteiger partial charge in [0.05, 0.1) is 22.8 Å². The van der Waals surface area contributed by atoms with Gasteiger partial charge in [0, 0.05) is 6.42 Å². The second kappa shape index (κ2) is 8.94. The lowest BCUT2D eigenvalue weighted by Gasteiger charge is -2.39. The van der Waals surface area contributed by atoms with Gasteiger partial charge in [0.2, 0.25) is 0 Å². The van der Waals surface area contributed by atoms with Crippen LogP contribution < -0.4 is 5.73 Å². The summed E-state index contributed by atoms with van der Waals surface area (Å²) in [4.78, 5) is 23.9. The van der Waals surface area contributed by atoms with Crippen molar-refractivity contribution in [2.75, 3.05) is 0 Å². The van der Waals surface area contributed by atoms with Crippen molar-refractivity contribution in [2.45, 2.75) is 69.2 Å². The quantitative estimate of drug-likeness (QED) is 0.586. The highest BCUT2D eigenvalue weighted by molar-refractivity contribution is 6.41. The van der Waals surface area contributed by atoms with E-state index in [9.17, 15) is 27.9 Å². The Hall–Kier alpha value is -2.42. The summed E-state index contributed by atoms with van der Waals surface area (Å²) in [5.74, 6) is -2.09. The maximum atomic E-state index is 13.2. The molecule has 1 amide bonds. The summed E-state index contributed by atoms with van der Waals surface area (Å²) in [7, 11) is 0. The number of carbonyl (C=O) groups excluding carboxylic acids is 2. The van der Waals surface area contributed by atoms with Gasteiger partial charge in [-0.2, -0.15) is 13.2 Å².